The van der Waals surface area contributed by atoms with Crippen molar-refractivity contribution in [2.24, 2.45) is 0 Å². The SMILES string of the molecule is COCCCNC(=O)/C(C#N)=C/c1cn(-c2ccccc2)nc1-c1ccc(C)cc1C. The molecular weight excluding hydrogens is 388 g/mol. The topological polar surface area (TPSA) is 79.9 Å². The van der Waals surface area contributed by atoms with Gasteiger partial charge in [-0.3, -0.25) is 4.79 Å². The maximum atomic E-state index is 12.5. The quantitative estimate of drug-likeness (QED) is 0.340. The monoisotopic (exact) mass is 414 g/mol. The van der Waals surface area contributed by atoms with E-state index in [-0.39, 0.29) is 5.57 Å². The van der Waals surface area contributed by atoms with Gasteiger partial charge in [0.25, 0.3) is 5.91 Å². The molecule has 3 rings (SSSR count). The fourth-order valence-electron chi connectivity index (χ4n) is 3.31. The number of carbonyl (C=O) groups excluding carboxylic acids is 1. The van der Waals surface area contributed by atoms with Crippen molar-refractivity contribution in [2.75, 3.05) is 20.3 Å². The van der Waals surface area contributed by atoms with Crippen LogP contribution in [0.5, 0.6) is 0 Å². The highest BCUT2D eigenvalue weighted by Gasteiger charge is 2.16. The van der Waals surface area contributed by atoms with E-state index in [1.54, 1.807) is 17.9 Å². The van der Waals surface area contributed by atoms with E-state index in [2.05, 4.69) is 11.4 Å². The number of nitriles is 1. The first-order valence-electron chi connectivity index (χ1n) is 10.1. The Morgan fingerprint density at radius 2 is 2.00 bits per heavy atom. The molecule has 0 atom stereocenters. The van der Waals surface area contributed by atoms with Crippen LogP contribution >= 0.6 is 0 Å². The van der Waals surface area contributed by atoms with E-state index < -0.39 is 5.91 Å². The molecule has 31 heavy (non-hydrogen) atoms. The highest BCUT2D eigenvalue weighted by Crippen LogP contribution is 2.29. The molecule has 0 radical (unpaired) electrons. The molecule has 0 saturated carbocycles. The number of nitrogens with one attached hydrogen (secondary N) is 1. The maximum absolute atomic E-state index is 12.5. The molecule has 0 bridgehead atoms. The first kappa shape index (κ1) is 22.0. The number of aryl methyl sites for hydroxylation is 2. The highest BCUT2D eigenvalue weighted by atomic mass is 16.5. The number of nitrogens with zero attached hydrogens (tertiary/aromatic N) is 3. The van der Waals surface area contributed by atoms with Gasteiger partial charge in [-0.25, -0.2) is 4.68 Å². The second kappa shape index (κ2) is 10.4. The summed E-state index contributed by atoms with van der Waals surface area (Å²) in [6.07, 6.45) is 4.13. The molecule has 1 aromatic heterocycles. The first-order chi connectivity index (χ1) is 15.0. The van der Waals surface area contributed by atoms with E-state index in [1.807, 2.05) is 68.6 Å². The van der Waals surface area contributed by atoms with Crippen molar-refractivity contribution in [1.82, 2.24) is 15.1 Å². The Bertz CT molecular complexity index is 1120. The van der Waals surface area contributed by atoms with Gasteiger partial charge in [-0.1, -0.05) is 42.0 Å². The normalized spacial score (nSPS) is 11.2. The number of rotatable bonds is 8. The molecule has 0 aliphatic heterocycles. The molecule has 6 nitrogen and oxygen atoms in total. The van der Waals surface area contributed by atoms with Gasteiger partial charge in [-0.05, 0) is 44.0 Å². The van der Waals surface area contributed by atoms with Crippen molar-refractivity contribution >= 4 is 12.0 Å². The second-order valence-electron chi connectivity index (χ2n) is 7.30. The van der Waals surface area contributed by atoms with Crippen LogP contribution < -0.4 is 5.32 Å². The Balaban J connectivity index is 2.03. The lowest BCUT2D eigenvalue weighted by molar-refractivity contribution is -0.117. The number of ether oxygens (including phenoxy) is 1. The summed E-state index contributed by atoms with van der Waals surface area (Å²) in [6.45, 7) is 5.07. The number of benzene rings is 2. The van der Waals surface area contributed by atoms with E-state index in [0.29, 0.717) is 25.1 Å². The van der Waals surface area contributed by atoms with Crippen molar-refractivity contribution < 1.29 is 9.53 Å². The number of hydrogen-bond acceptors (Lipinski definition) is 4. The highest BCUT2D eigenvalue weighted by molar-refractivity contribution is 6.02. The molecule has 0 fully saturated rings. The van der Waals surface area contributed by atoms with Crippen molar-refractivity contribution in [3.63, 3.8) is 0 Å². The van der Waals surface area contributed by atoms with E-state index in [4.69, 9.17) is 9.84 Å². The van der Waals surface area contributed by atoms with Gasteiger partial charge in [0.2, 0.25) is 0 Å². The van der Waals surface area contributed by atoms with Crippen LogP contribution in [0.1, 0.15) is 23.1 Å². The number of methoxy groups -OCH3 is 1. The molecule has 158 valence electrons. The summed E-state index contributed by atoms with van der Waals surface area (Å²) in [6, 6.07) is 17.9. The number of para-hydroxylation sites is 1. The Morgan fingerprint density at radius 3 is 2.68 bits per heavy atom. The molecule has 0 aliphatic rings. The Labute approximate surface area is 182 Å². The maximum Gasteiger partial charge on any atom is 0.261 e. The first-order valence-corrected chi connectivity index (χ1v) is 10.1. The number of hydrogen-bond donors (Lipinski definition) is 1. The van der Waals surface area contributed by atoms with Gasteiger partial charge < -0.3 is 10.1 Å². The molecule has 1 N–H and O–H groups in total. The van der Waals surface area contributed by atoms with Crippen LogP contribution in [-0.2, 0) is 9.53 Å². The van der Waals surface area contributed by atoms with Crippen LogP contribution in [0.3, 0.4) is 0 Å². The summed E-state index contributed by atoms with van der Waals surface area (Å²) < 4.78 is 6.76. The standard InChI is InChI=1S/C25H26N4O2/c1-18-10-11-23(19(2)14-18)24-21(17-29(28-24)22-8-5-4-6-9-22)15-20(16-26)25(30)27-12-7-13-31-3/h4-6,8-11,14-15,17H,7,12-13H2,1-3H3,(H,27,30)/b20-15+. The van der Waals surface area contributed by atoms with Crippen molar-refractivity contribution in [3.05, 3.63) is 77.0 Å². The second-order valence-corrected chi connectivity index (χ2v) is 7.30. The third-order valence-electron chi connectivity index (χ3n) is 4.88. The molecule has 0 unspecified atom stereocenters. The lowest BCUT2D eigenvalue weighted by Crippen LogP contribution is -2.26. The number of amides is 1. The Kier molecular flexibility index (Phi) is 7.36. The van der Waals surface area contributed by atoms with Gasteiger partial charge in [0.1, 0.15) is 17.3 Å². The van der Waals surface area contributed by atoms with Gasteiger partial charge in [-0.2, -0.15) is 10.4 Å². The molecule has 1 heterocycles. The third kappa shape index (κ3) is 5.47. The summed E-state index contributed by atoms with van der Waals surface area (Å²) in [7, 11) is 1.61. The van der Waals surface area contributed by atoms with E-state index in [0.717, 1.165) is 28.1 Å². The molecule has 1 amide bonds. The Morgan fingerprint density at radius 1 is 1.23 bits per heavy atom. The lowest BCUT2D eigenvalue weighted by atomic mass is 10.00. The smallest absolute Gasteiger partial charge is 0.261 e. The summed E-state index contributed by atoms with van der Waals surface area (Å²) in [5.41, 5.74) is 5.57. The van der Waals surface area contributed by atoms with Gasteiger partial charge >= 0.3 is 0 Å². The zero-order valence-electron chi connectivity index (χ0n) is 18.1. The summed E-state index contributed by atoms with van der Waals surface area (Å²) >= 11 is 0. The van der Waals surface area contributed by atoms with Crippen LogP contribution in [0.4, 0.5) is 0 Å². The summed E-state index contributed by atoms with van der Waals surface area (Å²) in [5.74, 6) is -0.405. The summed E-state index contributed by atoms with van der Waals surface area (Å²) in [5, 5.41) is 17.2. The molecule has 3 aromatic rings. The Hall–Kier alpha value is -3.69. The molecule has 0 spiro atoms. The predicted octanol–water partition coefficient (Wildman–Crippen LogP) is 4.22. The molecule has 6 heteroatoms. The lowest BCUT2D eigenvalue weighted by Gasteiger charge is -2.06. The largest absolute Gasteiger partial charge is 0.385 e. The van der Waals surface area contributed by atoms with Crippen LogP contribution in [0.15, 0.2) is 60.3 Å². The van der Waals surface area contributed by atoms with E-state index >= 15 is 0 Å². The fraction of sp³-hybridized carbons (Fsp3) is 0.240. The van der Waals surface area contributed by atoms with Crippen LogP contribution in [0.25, 0.3) is 23.0 Å². The van der Waals surface area contributed by atoms with Crippen LogP contribution in [0.2, 0.25) is 0 Å². The third-order valence-corrected chi connectivity index (χ3v) is 4.88. The minimum absolute atomic E-state index is 0.0380. The van der Waals surface area contributed by atoms with Crippen LogP contribution in [-0.4, -0.2) is 35.9 Å². The molecule has 0 aliphatic carbocycles. The molecular formula is C25H26N4O2. The molecule has 0 saturated heterocycles. The number of aromatic nitrogens is 2. The van der Waals surface area contributed by atoms with Crippen LogP contribution in [0, 0.1) is 25.2 Å². The van der Waals surface area contributed by atoms with Gasteiger partial charge in [0, 0.05) is 37.6 Å². The van der Waals surface area contributed by atoms with Gasteiger partial charge in [-0.15, -0.1) is 0 Å². The minimum Gasteiger partial charge on any atom is -0.385 e. The van der Waals surface area contributed by atoms with Crippen molar-refractivity contribution in [2.45, 2.75) is 20.3 Å². The van der Waals surface area contributed by atoms with E-state index in [9.17, 15) is 10.1 Å². The number of carbonyl (C=O) groups is 1. The average Bonchev–Trinajstić information content (AvgIpc) is 3.19. The summed E-state index contributed by atoms with van der Waals surface area (Å²) in [4.78, 5) is 12.5. The van der Waals surface area contributed by atoms with Gasteiger partial charge in [0.15, 0.2) is 0 Å². The van der Waals surface area contributed by atoms with Gasteiger partial charge in [0.05, 0.1) is 5.69 Å². The van der Waals surface area contributed by atoms with Crippen molar-refractivity contribution in [1.29, 1.82) is 5.26 Å². The minimum atomic E-state index is -0.405. The average molecular weight is 415 g/mol. The van der Waals surface area contributed by atoms with Crippen molar-refractivity contribution in [3.8, 4) is 23.0 Å². The zero-order chi connectivity index (χ0) is 22.2. The zero-order valence-corrected chi connectivity index (χ0v) is 18.1. The van der Waals surface area contributed by atoms with E-state index in [1.165, 1.54) is 0 Å². The predicted molar refractivity (Wildman–Crippen MR) is 122 cm³/mol. The fourth-order valence-corrected chi connectivity index (χ4v) is 3.31. The molecule has 2 aromatic carbocycles.